The Morgan fingerprint density at radius 1 is 1.23 bits per heavy atom. The highest BCUT2D eigenvalue weighted by Gasteiger charge is 2.25. The highest BCUT2D eigenvalue weighted by molar-refractivity contribution is 5.94. The van der Waals surface area contributed by atoms with Crippen molar-refractivity contribution in [3.8, 4) is 0 Å². The molecule has 1 fully saturated rings. The number of hydroxylamine groups is 1. The molecule has 1 aromatic carbocycles. The van der Waals surface area contributed by atoms with Crippen molar-refractivity contribution in [1.29, 1.82) is 0 Å². The molecule has 0 unspecified atom stereocenters. The van der Waals surface area contributed by atoms with Crippen molar-refractivity contribution < 1.29 is 9.63 Å². The summed E-state index contributed by atoms with van der Waals surface area (Å²) in [6.45, 7) is 15.7. The predicted octanol–water partition coefficient (Wildman–Crippen LogP) is 3.59. The standard InChI is InChI=1S/C25H40N8O2/c1-16(2)33-12-11-19(14-33)26-22-28-23(30-24(29-22)32(7)15-25(4,5)6)27-20-13-18(10-9-17(20)3)21(34)31-35-8/h9-10,13,16,19H,11-12,14-15H2,1-8H3,(H,31,34)(H2,26,27,28,29,30)/t19-/m0/s1. The fourth-order valence-electron chi connectivity index (χ4n) is 4.16. The van der Waals surface area contributed by atoms with Gasteiger partial charge in [0.2, 0.25) is 17.8 Å². The topological polar surface area (TPSA) is 108 Å². The van der Waals surface area contributed by atoms with Crippen molar-refractivity contribution in [2.75, 3.05) is 49.3 Å². The smallest absolute Gasteiger partial charge is 0.274 e. The van der Waals surface area contributed by atoms with Crippen LogP contribution in [0.15, 0.2) is 18.2 Å². The lowest BCUT2D eigenvalue weighted by Gasteiger charge is -2.27. The second kappa shape index (κ2) is 11.2. The third-order valence-corrected chi connectivity index (χ3v) is 5.90. The largest absolute Gasteiger partial charge is 0.350 e. The van der Waals surface area contributed by atoms with Crippen LogP contribution >= 0.6 is 0 Å². The molecule has 1 aliphatic heterocycles. The first-order valence-electron chi connectivity index (χ1n) is 12.1. The van der Waals surface area contributed by atoms with E-state index in [2.05, 4.69) is 60.6 Å². The van der Waals surface area contributed by atoms with E-state index in [-0.39, 0.29) is 17.4 Å². The maximum absolute atomic E-state index is 12.2. The van der Waals surface area contributed by atoms with Crippen LogP contribution in [0.3, 0.4) is 0 Å². The number of hydrogen-bond donors (Lipinski definition) is 3. The molecule has 1 amide bonds. The number of hydrogen-bond acceptors (Lipinski definition) is 9. The van der Waals surface area contributed by atoms with Crippen molar-refractivity contribution in [2.24, 2.45) is 5.41 Å². The van der Waals surface area contributed by atoms with Crippen LogP contribution in [0.25, 0.3) is 0 Å². The van der Waals surface area contributed by atoms with Gasteiger partial charge in [0.15, 0.2) is 0 Å². The number of aryl methyl sites for hydroxylation is 1. The van der Waals surface area contributed by atoms with Crippen LogP contribution in [-0.2, 0) is 4.84 Å². The van der Waals surface area contributed by atoms with Crippen LogP contribution in [0, 0.1) is 12.3 Å². The Kier molecular flexibility index (Phi) is 8.50. The summed E-state index contributed by atoms with van der Waals surface area (Å²) in [6.07, 6.45) is 1.04. The summed E-state index contributed by atoms with van der Waals surface area (Å²) in [5.41, 5.74) is 4.59. The monoisotopic (exact) mass is 484 g/mol. The number of nitrogens with one attached hydrogen (secondary N) is 3. The van der Waals surface area contributed by atoms with E-state index in [1.54, 1.807) is 12.1 Å². The molecule has 1 aliphatic rings. The van der Waals surface area contributed by atoms with Crippen LogP contribution in [0.2, 0.25) is 0 Å². The maximum atomic E-state index is 12.2. The predicted molar refractivity (Wildman–Crippen MR) is 140 cm³/mol. The van der Waals surface area contributed by atoms with E-state index in [1.165, 1.54) is 7.11 Å². The Labute approximate surface area is 208 Å². The molecule has 1 saturated heterocycles. The number of benzene rings is 1. The molecule has 10 nitrogen and oxygen atoms in total. The molecule has 35 heavy (non-hydrogen) atoms. The zero-order valence-corrected chi connectivity index (χ0v) is 22.3. The fourth-order valence-corrected chi connectivity index (χ4v) is 4.16. The van der Waals surface area contributed by atoms with Gasteiger partial charge in [-0.15, -0.1) is 0 Å². The average Bonchev–Trinajstić information content (AvgIpc) is 3.23. The zero-order valence-electron chi connectivity index (χ0n) is 22.3. The quantitative estimate of drug-likeness (QED) is 0.460. The summed E-state index contributed by atoms with van der Waals surface area (Å²) in [6, 6.07) is 6.17. The van der Waals surface area contributed by atoms with Crippen LogP contribution in [0.5, 0.6) is 0 Å². The SMILES string of the molecule is CONC(=O)c1ccc(C)c(Nc2nc(N[C@H]3CCN(C(C)C)C3)nc(N(C)CC(C)(C)C)n2)c1. The van der Waals surface area contributed by atoms with Crippen LogP contribution in [-0.4, -0.2) is 71.6 Å². The Bertz CT molecular complexity index is 1020. The molecule has 192 valence electrons. The minimum atomic E-state index is -0.324. The normalized spacial score (nSPS) is 16.4. The summed E-state index contributed by atoms with van der Waals surface area (Å²) in [5, 5.41) is 6.82. The molecule has 0 radical (unpaired) electrons. The molecule has 2 heterocycles. The second-order valence-electron chi connectivity index (χ2n) is 10.7. The lowest BCUT2D eigenvalue weighted by atomic mass is 9.96. The van der Waals surface area contributed by atoms with Crippen molar-refractivity contribution >= 4 is 29.4 Å². The zero-order chi connectivity index (χ0) is 25.8. The Balaban J connectivity index is 1.90. The second-order valence-corrected chi connectivity index (χ2v) is 10.7. The Morgan fingerprint density at radius 3 is 2.57 bits per heavy atom. The molecule has 1 atom stereocenters. The number of anilines is 4. The lowest BCUT2D eigenvalue weighted by molar-refractivity contribution is 0.0537. The van der Waals surface area contributed by atoms with Gasteiger partial charge < -0.3 is 15.5 Å². The summed E-state index contributed by atoms with van der Waals surface area (Å²) >= 11 is 0. The average molecular weight is 485 g/mol. The van der Waals surface area contributed by atoms with E-state index in [4.69, 9.17) is 14.8 Å². The van der Waals surface area contributed by atoms with E-state index in [0.717, 1.165) is 37.3 Å². The number of carbonyl (C=O) groups is 1. The van der Waals surface area contributed by atoms with Crippen LogP contribution < -0.4 is 21.0 Å². The molecule has 10 heteroatoms. The third-order valence-electron chi connectivity index (χ3n) is 5.90. The highest BCUT2D eigenvalue weighted by atomic mass is 16.6. The number of likely N-dealkylation sites (tertiary alicyclic amines) is 1. The van der Waals surface area contributed by atoms with Gasteiger partial charge in [-0.2, -0.15) is 15.0 Å². The molecule has 0 bridgehead atoms. The van der Waals surface area contributed by atoms with Gasteiger partial charge in [0.05, 0.1) is 7.11 Å². The van der Waals surface area contributed by atoms with E-state index < -0.39 is 0 Å². The van der Waals surface area contributed by atoms with E-state index in [9.17, 15) is 4.79 Å². The molecule has 3 N–H and O–H groups in total. The lowest BCUT2D eigenvalue weighted by Crippen LogP contribution is -2.32. The summed E-state index contributed by atoms with van der Waals surface area (Å²) in [7, 11) is 3.40. The fraction of sp³-hybridized carbons (Fsp3) is 0.600. The number of amides is 1. The van der Waals surface area contributed by atoms with E-state index in [0.29, 0.717) is 29.5 Å². The van der Waals surface area contributed by atoms with Gasteiger partial charge in [0.1, 0.15) is 0 Å². The molecular formula is C25H40N8O2. The van der Waals surface area contributed by atoms with Crippen molar-refractivity contribution in [2.45, 2.75) is 60.0 Å². The number of aromatic nitrogens is 3. The third kappa shape index (κ3) is 7.50. The van der Waals surface area contributed by atoms with Crippen molar-refractivity contribution in [3.63, 3.8) is 0 Å². The molecule has 0 saturated carbocycles. The minimum Gasteiger partial charge on any atom is -0.350 e. The van der Waals surface area contributed by atoms with Gasteiger partial charge in [0, 0.05) is 50.0 Å². The minimum absolute atomic E-state index is 0.0748. The van der Waals surface area contributed by atoms with Gasteiger partial charge in [-0.3, -0.25) is 14.5 Å². The van der Waals surface area contributed by atoms with Gasteiger partial charge in [0.25, 0.3) is 5.91 Å². The molecule has 1 aromatic heterocycles. The maximum Gasteiger partial charge on any atom is 0.274 e. The van der Waals surface area contributed by atoms with Crippen LogP contribution in [0.1, 0.15) is 57.0 Å². The molecular weight excluding hydrogens is 444 g/mol. The Hall–Kier alpha value is -2.98. The van der Waals surface area contributed by atoms with E-state index >= 15 is 0 Å². The first-order valence-corrected chi connectivity index (χ1v) is 12.1. The van der Waals surface area contributed by atoms with Crippen LogP contribution in [0.4, 0.5) is 23.5 Å². The highest BCUT2D eigenvalue weighted by Crippen LogP contribution is 2.25. The molecule has 0 spiro atoms. The number of nitrogens with zero attached hydrogens (tertiary/aromatic N) is 5. The van der Waals surface area contributed by atoms with Gasteiger partial charge >= 0.3 is 0 Å². The number of carbonyl (C=O) groups excluding carboxylic acids is 1. The first kappa shape index (κ1) is 26.6. The number of rotatable bonds is 9. The van der Waals surface area contributed by atoms with Gasteiger partial charge in [-0.1, -0.05) is 26.8 Å². The molecule has 3 rings (SSSR count). The van der Waals surface area contributed by atoms with Gasteiger partial charge in [-0.05, 0) is 50.3 Å². The van der Waals surface area contributed by atoms with E-state index in [1.807, 2.05) is 24.9 Å². The molecule has 0 aliphatic carbocycles. The summed E-state index contributed by atoms with van der Waals surface area (Å²) in [4.78, 5) is 35.6. The Morgan fingerprint density at radius 2 is 1.94 bits per heavy atom. The van der Waals surface area contributed by atoms with Crippen molar-refractivity contribution in [3.05, 3.63) is 29.3 Å². The van der Waals surface area contributed by atoms with Crippen molar-refractivity contribution in [1.82, 2.24) is 25.3 Å². The first-order chi connectivity index (χ1) is 16.4. The molecule has 2 aromatic rings. The van der Waals surface area contributed by atoms with Gasteiger partial charge in [-0.25, -0.2) is 5.48 Å². The summed E-state index contributed by atoms with van der Waals surface area (Å²) < 4.78 is 0. The summed E-state index contributed by atoms with van der Waals surface area (Å²) in [5.74, 6) is 1.23.